The molecule has 1 aliphatic heterocycles. The lowest BCUT2D eigenvalue weighted by Gasteiger charge is -2.31. The van der Waals surface area contributed by atoms with Crippen LogP contribution in [0.25, 0.3) is 16.7 Å². The van der Waals surface area contributed by atoms with Crippen molar-refractivity contribution in [2.24, 2.45) is 4.99 Å². The number of hydrogen-bond donors (Lipinski definition) is 3. The van der Waals surface area contributed by atoms with Crippen LogP contribution in [0.5, 0.6) is 0 Å². The number of aliphatic imine (C=N–C) groups is 1. The Kier molecular flexibility index (Phi) is 5.82. The van der Waals surface area contributed by atoms with Crippen LogP contribution in [-0.4, -0.2) is 25.9 Å². The molecule has 0 saturated heterocycles. The topological polar surface area (TPSA) is 76.5 Å². The average Bonchev–Trinajstić information content (AvgIpc) is 3.19. The van der Waals surface area contributed by atoms with Crippen LogP contribution in [0.3, 0.4) is 0 Å². The standard InChI is InChI=1S/C25H24F3N5O/c1-15-6-5-7-22(17-8-13-20-21(14-17)31-23(30-20)24(3,4)34)33(15)32-16(2)29-19-11-9-18(10-12-19)25(26,27)28/h5-14,34H,1H2,2-4H3,(H,29,32)(H,30,31). The second-order valence-corrected chi connectivity index (χ2v) is 8.47. The van der Waals surface area contributed by atoms with E-state index in [0.29, 0.717) is 23.0 Å². The molecule has 176 valence electrons. The predicted molar refractivity (Wildman–Crippen MR) is 127 cm³/mol. The van der Waals surface area contributed by atoms with E-state index in [1.165, 1.54) is 12.1 Å². The number of rotatable bonds is 4. The second kappa shape index (κ2) is 8.49. The zero-order chi connectivity index (χ0) is 24.7. The summed E-state index contributed by atoms with van der Waals surface area (Å²) in [6.07, 6.45) is 1.21. The first-order chi connectivity index (χ1) is 15.9. The van der Waals surface area contributed by atoms with Gasteiger partial charge in [-0.15, -0.1) is 0 Å². The number of benzene rings is 2. The van der Waals surface area contributed by atoms with Gasteiger partial charge in [0.2, 0.25) is 0 Å². The normalized spacial score (nSPS) is 15.1. The molecule has 0 bridgehead atoms. The number of halogens is 3. The van der Waals surface area contributed by atoms with Gasteiger partial charge < -0.3 is 10.1 Å². The fourth-order valence-corrected chi connectivity index (χ4v) is 3.48. The Labute approximate surface area is 194 Å². The zero-order valence-corrected chi connectivity index (χ0v) is 18.9. The molecule has 0 fully saturated rings. The molecule has 0 spiro atoms. The number of fused-ring (bicyclic) bond motifs is 1. The summed E-state index contributed by atoms with van der Waals surface area (Å²) < 4.78 is 38.4. The molecular formula is C25H24F3N5O. The second-order valence-electron chi connectivity index (χ2n) is 8.47. The molecule has 3 aromatic rings. The van der Waals surface area contributed by atoms with Gasteiger partial charge in [-0.05, 0) is 69.3 Å². The predicted octanol–water partition coefficient (Wildman–Crippen LogP) is 5.79. The monoisotopic (exact) mass is 467 g/mol. The third kappa shape index (κ3) is 4.89. The Morgan fingerprint density at radius 2 is 1.85 bits per heavy atom. The van der Waals surface area contributed by atoms with Gasteiger partial charge in [0.1, 0.15) is 17.3 Å². The van der Waals surface area contributed by atoms with Crippen molar-refractivity contribution in [2.75, 3.05) is 0 Å². The molecule has 6 nitrogen and oxygen atoms in total. The van der Waals surface area contributed by atoms with Crippen LogP contribution in [0, 0.1) is 0 Å². The molecule has 0 atom stereocenters. The molecule has 4 rings (SSSR count). The lowest BCUT2D eigenvalue weighted by Crippen LogP contribution is -2.39. The lowest BCUT2D eigenvalue weighted by atomic mass is 10.1. The van der Waals surface area contributed by atoms with Crippen LogP contribution in [0.15, 0.2) is 78.0 Å². The fraction of sp³-hybridized carbons (Fsp3) is 0.200. The van der Waals surface area contributed by atoms with Crippen molar-refractivity contribution in [2.45, 2.75) is 32.5 Å². The van der Waals surface area contributed by atoms with Crippen LogP contribution in [0.1, 0.15) is 37.7 Å². The molecule has 0 radical (unpaired) electrons. The highest BCUT2D eigenvalue weighted by Gasteiger charge is 2.30. The van der Waals surface area contributed by atoms with E-state index in [4.69, 9.17) is 0 Å². The molecule has 2 heterocycles. The summed E-state index contributed by atoms with van der Waals surface area (Å²) in [6.45, 7) is 9.11. The molecule has 2 aromatic carbocycles. The van der Waals surface area contributed by atoms with Crippen molar-refractivity contribution in [3.05, 3.63) is 89.9 Å². The quantitative estimate of drug-likeness (QED) is 0.335. The van der Waals surface area contributed by atoms with Crippen molar-refractivity contribution in [1.82, 2.24) is 20.4 Å². The first kappa shape index (κ1) is 23.3. The van der Waals surface area contributed by atoms with Gasteiger partial charge >= 0.3 is 6.18 Å². The summed E-state index contributed by atoms with van der Waals surface area (Å²) in [4.78, 5) is 12.0. The van der Waals surface area contributed by atoms with E-state index < -0.39 is 17.3 Å². The lowest BCUT2D eigenvalue weighted by molar-refractivity contribution is -0.137. The largest absolute Gasteiger partial charge is 0.416 e. The van der Waals surface area contributed by atoms with E-state index >= 15 is 0 Å². The summed E-state index contributed by atoms with van der Waals surface area (Å²) in [7, 11) is 0. The molecule has 1 aliphatic rings. The number of nitrogens with one attached hydrogen (secondary N) is 2. The number of H-pyrrole nitrogens is 1. The summed E-state index contributed by atoms with van der Waals surface area (Å²) in [6, 6.07) is 10.3. The van der Waals surface area contributed by atoms with Crippen LogP contribution < -0.4 is 5.43 Å². The molecule has 0 saturated carbocycles. The van der Waals surface area contributed by atoms with Gasteiger partial charge in [-0.25, -0.2) is 9.98 Å². The van der Waals surface area contributed by atoms with E-state index in [-0.39, 0.29) is 0 Å². The summed E-state index contributed by atoms with van der Waals surface area (Å²) in [5.74, 6) is 0.935. The van der Waals surface area contributed by atoms with E-state index in [9.17, 15) is 18.3 Å². The number of hydrogen-bond acceptors (Lipinski definition) is 4. The molecule has 3 N–H and O–H groups in total. The maximum atomic E-state index is 12.8. The Bertz CT molecular complexity index is 1330. The molecular weight excluding hydrogens is 443 g/mol. The Morgan fingerprint density at radius 3 is 2.50 bits per heavy atom. The van der Waals surface area contributed by atoms with Crippen LogP contribution >= 0.6 is 0 Å². The molecule has 9 heteroatoms. The minimum absolute atomic E-state index is 0.389. The minimum Gasteiger partial charge on any atom is -0.383 e. The Morgan fingerprint density at radius 1 is 1.15 bits per heavy atom. The molecule has 34 heavy (non-hydrogen) atoms. The van der Waals surface area contributed by atoms with Crippen molar-refractivity contribution >= 4 is 28.3 Å². The third-order valence-electron chi connectivity index (χ3n) is 5.19. The number of aliphatic hydroxyl groups is 1. The first-order valence-electron chi connectivity index (χ1n) is 10.5. The number of amidine groups is 1. The zero-order valence-electron chi connectivity index (χ0n) is 18.9. The number of aromatic amines is 1. The van der Waals surface area contributed by atoms with Crippen molar-refractivity contribution in [1.29, 1.82) is 0 Å². The van der Waals surface area contributed by atoms with Gasteiger partial charge in [-0.3, -0.25) is 10.4 Å². The van der Waals surface area contributed by atoms with Crippen LogP contribution in [-0.2, 0) is 11.8 Å². The highest BCUT2D eigenvalue weighted by atomic mass is 19.4. The number of aromatic nitrogens is 2. The molecule has 1 aromatic heterocycles. The summed E-state index contributed by atoms with van der Waals surface area (Å²) in [5.41, 5.74) is 5.53. The van der Waals surface area contributed by atoms with Crippen molar-refractivity contribution in [3.8, 4) is 0 Å². The summed E-state index contributed by atoms with van der Waals surface area (Å²) >= 11 is 0. The van der Waals surface area contributed by atoms with Gasteiger partial charge in [-0.1, -0.05) is 18.7 Å². The van der Waals surface area contributed by atoms with E-state index in [1.807, 2.05) is 36.4 Å². The highest BCUT2D eigenvalue weighted by Crippen LogP contribution is 2.31. The smallest absolute Gasteiger partial charge is 0.383 e. The maximum Gasteiger partial charge on any atom is 0.416 e. The maximum absolute atomic E-state index is 12.8. The molecule has 0 amide bonds. The van der Waals surface area contributed by atoms with Gasteiger partial charge in [0.25, 0.3) is 0 Å². The first-order valence-corrected chi connectivity index (χ1v) is 10.5. The van der Waals surface area contributed by atoms with Gasteiger partial charge in [0.15, 0.2) is 0 Å². The number of allylic oxidation sites excluding steroid dienone is 3. The molecule has 0 aliphatic carbocycles. The van der Waals surface area contributed by atoms with Crippen molar-refractivity contribution in [3.63, 3.8) is 0 Å². The Balaban J connectivity index is 1.60. The van der Waals surface area contributed by atoms with Gasteiger partial charge in [0.05, 0.1) is 33.7 Å². The van der Waals surface area contributed by atoms with E-state index in [2.05, 4.69) is 27.0 Å². The minimum atomic E-state index is -4.39. The van der Waals surface area contributed by atoms with E-state index in [0.717, 1.165) is 34.4 Å². The third-order valence-corrected chi connectivity index (χ3v) is 5.19. The average molecular weight is 467 g/mol. The Hall–Kier alpha value is -3.85. The molecule has 0 unspecified atom stereocenters. The van der Waals surface area contributed by atoms with Crippen LogP contribution in [0.2, 0.25) is 0 Å². The number of alkyl halides is 3. The fourth-order valence-electron chi connectivity index (χ4n) is 3.48. The van der Waals surface area contributed by atoms with Gasteiger partial charge in [0, 0.05) is 5.56 Å². The highest BCUT2D eigenvalue weighted by molar-refractivity contribution is 5.85. The number of hydrazine groups is 1. The number of imidazole rings is 1. The SMILES string of the molecule is C=C1C=CC=C(c2ccc3nc(C(C)(C)O)[nH]c3c2)N1NC(C)=Nc1ccc(C(F)(F)F)cc1. The summed E-state index contributed by atoms with van der Waals surface area (Å²) in [5, 5.41) is 12.0. The van der Waals surface area contributed by atoms with Crippen molar-refractivity contribution < 1.29 is 18.3 Å². The number of nitrogens with zero attached hydrogens (tertiary/aromatic N) is 3. The van der Waals surface area contributed by atoms with Crippen LogP contribution in [0.4, 0.5) is 18.9 Å². The van der Waals surface area contributed by atoms with E-state index in [1.54, 1.807) is 25.8 Å². The van der Waals surface area contributed by atoms with Gasteiger partial charge in [-0.2, -0.15) is 13.2 Å².